The van der Waals surface area contributed by atoms with Crippen molar-refractivity contribution in [3.8, 4) is 5.75 Å². The Morgan fingerprint density at radius 3 is 2.86 bits per heavy atom. The highest BCUT2D eigenvalue weighted by molar-refractivity contribution is 7.07. The van der Waals surface area contributed by atoms with E-state index < -0.39 is 18.7 Å². The summed E-state index contributed by atoms with van der Waals surface area (Å²) in [7, 11) is 0. The van der Waals surface area contributed by atoms with E-state index >= 15 is 0 Å². The third-order valence-electron chi connectivity index (χ3n) is 2.70. The molecule has 0 aliphatic rings. The number of hydrogen-bond donors (Lipinski definition) is 3. The number of urea groups is 1. The Kier molecular flexibility index (Phi) is 5.68. The van der Waals surface area contributed by atoms with Crippen LogP contribution >= 0.6 is 11.3 Å². The summed E-state index contributed by atoms with van der Waals surface area (Å²) in [4.78, 5) is 11.7. The Labute approximate surface area is 129 Å². The minimum absolute atomic E-state index is 0.0375. The molecule has 0 saturated carbocycles. The fraction of sp³-hybridized carbons (Fsp3) is 0.214. The lowest BCUT2D eigenvalue weighted by molar-refractivity contribution is -0.0497. The molecular weight excluding hydrogens is 314 g/mol. The zero-order valence-corrected chi connectivity index (χ0v) is 12.1. The van der Waals surface area contributed by atoms with Crippen LogP contribution in [0.25, 0.3) is 0 Å². The van der Waals surface area contributed by atoms with Crippen molar-refractivity contribution in [3.63, 3.8) is 0 Å². The first-order chi connectivity index (χ1) is 10.5. The highest BCUT2D eigenvalue weighted by Crippen LogP contribution is 2.19. The summed E-state index contributed by atoms with van der Waals surface area (Å²) in [5.41, 5.74) is 1.03. The molecule has 2 rings (SSSR count). The van der Waals surface area contributed by atoms with Gasteiger partial charge >= 0.3 is 12.6 Å². The fourth-order valence-electron chi connectivity index (χ4n) is 1.70. The molecule has 2 amide bonds. The Balaban J connectivity index is 1.84. The Hall–Kier alpha value is -2.19. The summed E-state index contributed by atoms with van der Waals surface area (Å²) in [6, 6.07) is 6.86. The van der Waals surface area contributed by atoms with Gasteiger partial charge in [0.2, 0.25) is 0 Å². The van der Waals surface area contributed by atoms with Crippen LogP contribution in [-0.2, 0) is 0 Å². The van der Waals surface area contributed by atoms with Crippen molar-refractivity contribution in [2.24, 2.45) is 0 Å². The van der Waals surface area contributed by atoms with E-state index in [0.717, 1.165) is 5.56 Å². The molecule has 1 aromatic carbocycles. The summed E-state index contributed by atoms with van der Waals surface area (Å²) >= 11 is 1.45. The maximum absolute atomic E-state index is 12.1. The molecule has 1 unspecified atom stereocenters. The summed E-state index contributed by atoms with van der Waals surface area (Å²) in [5, 5.41) is 18.4. The van der Waals surface area contributed by atoms with Gasteiger partial charge in [-0.25, -0.2) is 4.79 Å². The normalized spacial score (nSPS) is 12.0. The molecule has 0 aliphatic heterocycles. The van der Waals surface area contributed by atoms with Crippen LogP contribution in [0.1, 0.15) is 11.7 Å². The van der Waals surface area contributed by atoms with Gasteiger partial charge in [0.25, 0.3) is 0 Å². The van der Waals surface area contributed by atoms with Crippen LogP contribution in [-0.4, -0.2) is 24.3 Å². The van der Waals surface area contributed by atoms with E-state index in [4.69, 9.17) is 0 Å². The van der Waals surface area contributed by atoms with Gasteiger partial charge in [0.1, 0.15) is 5.75 Å². The zero-order chi connectivity index (χ0) is 15.9. The minimum atomic E-state index is -2.93. The van der Waals surface area contributed by atoms with Gasteiger partial charge in [-0.1, -0.05) is 6.07 Å². The van der Waals surface area contributed by atoms with Crippen LogP contribution in [0.15, 0.2) is 41.1 Å². The fourth-order valence-corrected chi connectivity index (χ4v) is 2.40. The molecule has 0 saturated heterocycles. The molecule has 1 heterocycles. The lowest BCUT2D eigenvalue weighted by Gasteiger charge is -2.12. The Bertz CT molecular complexity index is 608. The van der Waals surface area contributed by atoms with E-state index in [1.165, 1.54) is 35.6 Å². The van der Waals surface area contributed by atoms with Crippen LogP contribution in [0.4, 0.5) is 19.3 Å². The number of carbonyl (C=O) groups is 1. The number of anilines is 1. The largest absolute Gasteiger partial charge is 0.435 e. The number of halogens is 2. The van der Waals surface area contributed by atoms with E-state index in [1.807, 2.05) is 5.38 Å². The third-order valence-corrected chi connectivity index (χ3v) is 3.40. The maximum Gasteiger partial charge on any atom is 0.387 e. The van der Waals surface area contributed by atoms with Gasteiger partial charge < -0.3 is 20.5 Å². The predicted octanol–water partition coefficient (Wildman–Crippen LogP) is 3.20. The zero-order valence-electron chi connectivity index (χ0n) is 11.3. The van der Waals surface area contributed by atoms with Gasteiger partial charge in [0.05, 0.1) is 6.10 Å². The van der Waals surface area contributed by atoms with Gasteiger partial charge in [-0.15, -0.1) is 0 Å². The van der Waals surface area contributed by atoms with Crippen LogP contribution < -0.4 is 15.4 Å². The van der Waals surface area contributed by atoms with Crippen molar-refractivity contribution in [2.45, 2.75) is 12.7 Å². The summed E-state index contributed by atoms with van der Waals surface area (Å²) in [6.45, 7) is -2.89. The smallest absolute Gasteiger partial charge is 0.387 e. The molecule has 3 N–H and O–H groups in total. The maximum atomic E-state index is 12.1. The number of nitrogens with one attached hydrogen (secondary N) is 2. The van der Waals surface area contributed by atoms with Gasteiger partial charge in [0.15, 0.2) is 0 Å². The molecule has 0 bridgehead atoms. The first-order valence-electron chi connectivity index (χ1n) is 6.34. The van der Waals surface area contributed by atoms with Crippen LogP contribution in [0.2, 0.25) is 0 Å². The van der Waals surface area contributed by atoms with E-state index in [9.17, 15) is 18.7 Å². The number of aliphatic hydroxyl groups is 1. The van der Waals surface area contributed by atoms with Gasteiger partial charge in [-0.2, -0.15) is 20.1 Å². The molecule has 1 atom stereocenters. The highest BCUT2D eigenvalue weighted by Gasteiger charge is 2.10. The number of thiophene rings is 1. The topological polar surface area (TPSA) is 70.6 Å². The SMILES string of the molecule is O=C(NCC(O)c1ccsc1)Nc1cccc(OC(F)F)c1. The Morgan fingerprint density at radius 1 is 1.36 bits per heavy atom. The standard InChI is InChI=1S/C14H14F2N2O3S/c15-13(16)21-11-3-1-2-10(6-11)18-14(20)17-7-12(19)9-4-5-22-8-9/h1-6,8,12-13,19H,7H2,(H2,17,18,20). The number of ether oxygens (including phenoxy) is 1. The predicted molar refractivity (Wildman–Crippen MR) is 79.4 cm³/mol. The van der Waals surface area contributed by atoms with E-state index in [0.29, 0.717) is 5.69 Å². The molecule has 0 spiro atoms. The molecule has 22 heavy (non-hydrogen) atoms. The molecule has 0 radical (unpaired) electrons. The number of carbonyl (C=O) groups excluding carboxylic acids is 1. The number of alkyl halides is 2. The average Bonchev–Trinajstić information content (AvgIpc) is 2.98. The summed E-state index contributed by atoms with van der Waals surface area (Å²) in [6.07, 6.45) is -0.800. The minimum Gasteiger partial charge on any atom is -0.435 e. The first kappa shape index (κ1) is 16.2. The van der Waals surface area contributed by atoms with Crippen LogP contribution in [0.3, 0.4) is 0 Å². The summed E-state index contributed by atoms with van der Waals surface area (Å²) < 4.78 is 28.5. The molecular formula is C14H14F2N2O3S. The molecule has 0 aliphatic carbocycles. The average molecular weight is 328 g/mol. The van der Waals surface area contributed by atoms with Crippen molar-refractivity contribution < 1.29 is 23.4 Å². The van der Waals surface area contributed by atoms with Crippen molar-refractivity contribution >= 4 is 23.1 Å². The number of benzene rings is 1. The van der Waals surface area contributed by atoms with Crippen LogP contribution in [0, 0.1) is 0 Å². The molecule has 8 heteroatoms. The second-order valence-electron chi connectivity index (χ2n) is 4.31. The van der Waals surface area contributed by atoms with Crippen molar-refractivity contribution in [1.82, 2.24) is 5.32 Å². The molecule has 2 aromatic rings. The van der Waals surface area contributed by atoms with Crippen molar-refractivity contribution in [3.05, 3.63) is 46.7 Å². The number of aliphatic hydroxyl groups excluding tert-OH is 1. The lowest BCUT2D eigenvalue weighted by Crippen LogP contribution is -2.32. The lowest BCUT2D eigenvalue weighted by atomic mass is 10.2. The molecule has 5 nitrogen and oxygen atoms in total. The molecule has 118 valence electrons. The highest BCUT2D eigenvalue weighted by atomic mass is 32.1. The molecule has 1 aromatic heterocycles. The number of rotatable bonds is 6. The Morgan fingerprint density at radius 2 is 2.18 bits per heavy atom. The number of amides is 2. The second-order valence-corrected chi connectivity index (χ2v) is 5.09. The van der Waals surface area contributed by atoms with Crippen molar-refractivity contribution in [2.75, 3.05) is 11.9 Å². The first-order valence-corrected chi connectivity index (χ1v) is 7.29. The van der Waals surface area contributed by atoms with E-state index in [-0.39, 0.29) is 12.3 Å². The second kappa shape index (κ2) is 7.71. The third kappa shape index (κ3) is 4.97. The van der Waals surface area contributed by atoms with Gasteiger partial charge in [-0.05, 0) is 34.5 Å². The quantitative estimate of drug-likeness (QED) is 0.762. The van der Waals surface area contributed by atoms with E-state index in [1.54, 1.807) is 11.4 Å². The van der Waals surface area contributed by atoms with Gasteiger partial charge in [-0.3, -0.25) is 0 Å². The van der Waals surface area contributed by atoms with Crippen LogP contribution in [0.5, 0.6) is 5.75 Å². The van der Waals surface area contributed by atoms with E-state index in [2.05, 4.69) is 15.4 Å². The number of hydrogen-bond acceptors (Lipinski definition) is 4. The summed E-state index contributed by atoms with van der Waals surface area (Å²) in [5.74, 6) is -0.0499. The van der Waals surface area contributed by atoms with Gasteiger partial charge in [0, 0.05) is 18.3 Å². The monoisotopic (exact) mass is 328 g/mol. The van der Waals surface area contributed by atoms with Crippen molar-refractivity contribution in [1.29, 1.82) is 0 Å². The molecule has 0 fully saturated rings.